The van der Waals surface area contributed by atoms with Gasteiger partial charge in [0.2, 0.25) is 5.91 Å². The largest absolute Gasteiger partial charge is 0.469 e. The third kappa shape index (κ3) is 6.54. The van der Waals surface area contributed by atoms with Crippen molar-refractivity contribution in [3.8, 4) is 0 Å². The van der Waals surface area contributed by atoms with Crippen LogP contribution < -0.4 is 10.6 Å². The van der Waals surface area contributed by atoms with Crippen molar-refractivity contribution in [2.45, 2.75) is 19.3 Å². The van der Waals surface area contributed by atoms with Gasteiger partial charge in [-0.3, -0.25) is 14.4 Å². The van der Waals surface area contributed by atoms with E-state index in [1.165, 1.54) is 13.2 Å². The summed E-state index contributed by atoms with van der Waals surface area (Å²) < 4.78 is 18.0. The number of amides is 2. The number of methoxy groups -OCH3 is 1. The Labute approximate surface area is 156 Å². The Kier molecular flexibility index (Phi) is 7.49. The molecule has 0 atom stereocenters. The van der Waals surface area contributed by atoms with Crippen molar-refractivity contribution in [2.24, 2.45) is 0 Å². The summed E-state index contributed by atoms with van der Waals surface area (Å²) in [6.45, 7) is 0.181. The minimum Gasteiger partial charge on any atom is -0.469 e. The van der Waals surface area contributed by atoms with Gasteiger partial charge in [0.15, 0.2) is 0 Å². The van der Waals surface area contributed by atoms with Crippen molar-refractivity contribution < 1.29 is 23.5 Å². The molecule has 0 aliphatic heterocycles. The normalized spacial score (nSPS) is 10.1. The fourth-order valence-corrected chi connectivity index (χ4v) is 2.36. The average molecular weight is 372 g/mol. The number of carbonyl (C=O) groups excluding carboxylic acids is 3. The number of nitrogens with one attached hydrogen (secondary N) is 2. The summed E-state index contributed by atoms with van der Waals surface area (Å²) in [6, 6.07) is 12.7. The van der Waals surface area contributed by atoms with Crippen molar-refractivity contribution >= 4 is 23.5 Å². The smallest absolute Gasteiger partial charge is 0.307 e. The first-order chi connectivity index (χ1) is 13.0. The summed E-state index contributed by atoms with van der Waals surface area (Å²) in [5, 5.41) is 5.31. The van der Waals surface area contributed by atoms with Crippen LogP contribution in [0.15, 0.2) is 48.5 Å². The van der Waals surface area contributed by atoms with Crippen LogP contribution in [0.25, 0.3) is 0 Å². The molecule has 7 heteroatoms. The van der Waals surface area contributed by atoms with Crippen molar-refractivity contribution in [2.75, 3.05) is 19.0 Å². The van der Waals surface area contributed by atoms with Gasteiger partial charge in [0.25, 0.3) is 5.91 Å². The number of ether oxygens (including phenoxy) is 1. The van der Waals surface area contributed by atoms with Gasteiger partial charge in [-0.15, -0.1) is 0 Å². The monoisotopic (exact) mass is 372 g/mol. The number of esters is 1. The van der Waals surface area contributed by atoms with Crippen LogP contribution >= 0.6 is 0 Å². The highest BCUT2D eigenvalue weighted by molar-refractivity contribution is 5.96. The Hall–Kier alpha value is -3.22. The molecule has 0 heterocycles. The summed E-state index contributed by atoms with van der Waals surface area (Å²) in [6.07, 6.45) is 0.550. The van der Waals surface area contributed by atoms with Gasteiger partial charge >= 0.3 is 5.97 Å². The molecule has 27 heavy (non-hydrogen) atoms. The Morgan fingerprint density at radius 3 is 2.37 bits per heavy atom. The fourth-order valence-electron chi connectivity index (χ4n) is 2.36. The standard InChI is InChI=1S/C20H21FN2O4/c1-27-19(25)12-13-22-20(26)15-6-9-16(10-7-15)23-18(24)11-8-14-4-2-3-5-17(14)21/h2-7,9-10H,8,11-13H2,1H3,(H,22,26)(H,23,24). The second kappa shape index (κ2) is 10.1. The zero-order valence-corrected chi connectivity index (χ0v) is 15.0. The molecule has 0 aliphatic rings. The Morgan fingerprint density at radius 1 is 1.00 bits per heavy atom. The lowest BCUT2D eigenvalue weighted by Crippen LogP contribution is -2.26. The molecule has 0 aromatic heterocycles. The van der Waals surface area contributed by atoms with Gasteiger partial charge in [0.1, 0.15) is 5.82 Å². The van der Waals surface area contributed by atoms with Gasteiger partial charge in [-0.25, -0.2) is 4.39 Å². The first kappa shape index (κ1) is 20.1. The van der Waals surface area contributed by atoms with Gasteiger partial charge < -0.3 is 15.4 Å². The number of rotatable bonds is 8. The number of hydrogen-bond acceptors (Lipinski definition) is 4. The van der Waals surface area contributed by atoms with Gasteiger partial charge in [-0.05, 0) is 42.3 Å². The van der Waals surface area contributed by atoms with Crippen LogP contribution in [-0.2, 0) is 20.7 Å². The predicted octanol–water partition coefficient (Wildman–Crippen LogP) is 2.69. The molecule has 0 aliphatic carbocycles. The van der Waals surface area contributed by atoms with E-state index in [2.05, 4.69) is 15.4 Å². The Bertz CT molecular complexity index is 806. The Balaban J connectivity index is 1.80. The summed E-state index contributed by atoms with van der Waals surface area (Å²) in [7, 11) is 1.29. The second-order valence-electron chi connectivity index (χ2n) is 5.80. The average Bonchev–Trinajstić information content (AvgIpc) is 2.67. The second-order valence-corrected chi connectivity index (χ2v) is 5.80. The van der Waals surface area contributed by atoms with Crippen molar-refractivity contribution in [1.29, 1.82) is 0 Å². The minimum absolute atomic E-state index is 0.0956. The molecule has 0 radical (unpaired) electrons. The van der Waals surface area contributed by atoms with Crippen LogP contribution in [0, 0.1) is 5.82 Å². The van der Waals surface area contributed by atoms with E-state index in [9.17, 15) is 18.8 Å². The maximum absolute atomic E-state index is 13.5. The van der Waals surface area contributed by atoms with Gasteiger partial charge in [-0.2, -0.15) is 0 Å². The number of anilines is 1. The zero-order valence-electron chi connectivity index (χ0n) is 15.0. The third-order valence-corrected chi connectivity index (χ3v) is 3.85. The lowest BCUT2D eigenvalue weighted by Gasteiger charge is -2.08. The maximum Gasteiger partial charge on any atom is 0.307 e. The number of benzene rings is 2. The molecule has 0 fully saturated rings. The van der Waals surface area contributed by atoms with E-state index < -0.39 is 5.97 Å². The van der Waals surface area contributed by atoms with E-state index in [4.69, 9.17) is 0 Å². The quantitative estimate of drug-likeness (QED) is 0.698. The molecule has 0 saturated carbocycles. The van der Waals surface area contributed by atoms with E-state index in [0.717, 1.165) is 0 Å². The van der Waals surface area contributed by atoms with Crippen LogP contribution in [0.1, 0.15) is 28.8 Å². The lowest BCUT2D eigenvalue weighted by atomic mass is 10.1. The number of hydrogen-bond donors (Lipinski definition) is 2. The molecular weight excluding hydrogens is 351 g/mol. The molecule has 6 nitrogen and oxygen atoms in total. The van der Waals surface area contributed by atoms with Crippen LogP contribution in [0.2, 0.25) is 0 Å². The molecule has 2 aromatic rings. The molecule has 2 rings (SSSR count). The SMILES string of the molecule is COC(=O)CCNC(=O)c1ccc(NC(=O)CCc2ccccc2F)cc1. The van der Waals surface area contributed by atoms with Crippen molar-refractivity contribution in [3.05, 3.63) is 65.5 Å². The molecule has 2 amide bonds. The van der Waals surface area contributed by atoms with E-state index in [1.807, 2.05) is 0 Å². The van der Waals surface area contributed by atoms with E-state index in [-0.39, 0.29) is 37.0 Å². The molecule has 0 saturated heterocycles. The summed E-state index contributed by atoms with van der Waals surface area (Å²) >= 11 is 0. The maximum atomic E-state index is 13.5. The summed E-state index contributed by atoms with van der Waals surface area (Å²) in [5.74, 6) is -1.29. The third-order valence-electron chi connectivity index (χ3n) is 3.85. The number of carbonyl (C=O) groups is 3. The van der Waals surface area contributed by atoms with Crippen molar-refractivity contribution in [1.82, 2.24) is 5.32 Å². The van der Waals surface area contributed by atoms with E-state index in [0.29, 0.717) is 23.2 Å². The summed E-state index contributed by atoms with van der Waals surface area (Å²) in [4.78, 5) is 35.0. The number of aryl methyl sites for hydroxylation is 1. The van der Waals surface area contributed by atoms with Gasteiger partial charge in [-0.1, -0.05) is 18.2 Å². The van der Waals surface area contributed by atoms with Crippen molar-refractivity contribution in [3.63, 3.8) is 0 Å². The molecule has 0 bridgehead atoms. The molecule has 2 aromatic carbocycles. The molecule has 0 spiro atoms. The first-order valence-electron chi connectivity index (χ1n) is 8.48. The zero-order chi connectivity index (χ0) is 19.6. The highest BCUT2D eigenvalue weighted by Crippen LogP contribution is 2.12. The lowest BCUT2D eigenvalue weighted by molar-refractivity contribution is -0.140. The predicted molar refractivity (Wildman–Crippen MR) is 98.8 cm³/mol. The first-order valence-corrected chi connectivity index (χ1v) is 8.48. The Morgan fingerprint density at radius 2 is 1.70 bits per heavy atom. The van der Waals surface area contributed by atoms with E-state index >= 15 is 0 Å². The van der Waals surface area contributed by atoms with Crippen LogP contribution in [0.4, 0.5) is 10.1 Å². The van der Waals surface area contributed by atoms with E-state index in [1.54, 1.807) is 42.5 Å². The fraction of sp³-hybridized carbons (Fsp3) is 0.250. The molecule has 142 valence electrons. The topological polar surface area (TPSA) is 84.5 Å². The van der Waals surface area contributed by atoms with Gasteiger partial charge in [0.05, 0.1) is 13.5 Å². The van der Waals surface area contributed by atoms with Crippen LogP contribution in [-0.4, -0.2) is 31.4 Å². The highest BCUT2D eigenvalue weighted by Gasteiger charge is 2.09. The molecule has 2 N–H and O–H groups in total. The van der Waals surface area contributed by atoms with Crippen LogP contribution in [0.3, 0.4) is 0 Å². The summed E-state index contributed by atoms with van der Waals surface area (Å²) in [5.41, 5.74) is 1.44. The molecular formula is C20H21FN2O4. The molecule has 0 unspecified atom stereocenters. The minimum atomic E-state index is -0.399. The number of halogens is 1. The van der Waals surface area contributed by atoms with Gasteiger partial charge in [0, 0.05) is 24.2 Å². The highest BCUT2D eigenvalue weighted by atomic mass is 19.1. The van der Waals surface area contributed by atoms with Crippen LogP contribution in [0.5, 0.6) is 0 Å².